The number of hydrogen-bond donors (Lipinski definition) is 1. The molecule has 1 N–H and O–H groups in total. The molecule has 0 fully saturated rings. The summed E-state index contributed by atoms with van der Waals surface area (Å²) in [6.45, 7) is 10.2. The van der Waals surface area contributed by atoms with Gasteiger partial charge in [-0.2, -0.15) is 0 Å². The van der Waals surface area contributed by atoms with E-state index in [1.165, 1.54) is 24.3 Å². The van der Waals surface area contributed by atoms with E-state index in [-0.39, 0.29) is 17.0 Å². The molecule has 11 heteroatoms. The number of carbonyl (C=O) groups is 2. The van der Waals surface area contributed by atoms with E-state index in [2.05, 4.69) is 4.72 Å². The Kier molecular flexibility index (Phi) is 7.81. The van der Waals surface area contributed by atoms with Gasteiger partial charge in [0.2, 0.25) is 16.0 Å². The van der Waals surface area contributed by atoms with Crippen LogP contribution in [0.25, 0.3) is 11.6 Å². The second-order valence-corrected chi connectivity index (χ2v) is 12.8. The average molecular weight is 555 g/mol. The first kappa shape index (κ1) is 28.0. The Bertz CT molecular complexity index is 1340. The van der Waals surface area contributed by atoms with Crippen LogP contribution in [0.3, 0.4) is 0 Å². The Balaban J connectivity index is 2.03. The van der Waals surface area contributed by atoms with Crippen molar-refractivity contribution in [3.8, 4) is 5.75 Å². The number of halogens is 2. The third kappa shape index (κ3) is 7.00. The summed E-state index contributed by atoms with van der Waals surface area (Å²) in [6, 6.07) is 9.30. The van der Waals surface area contributed by atoms with Crippen molar-refractivity contribution in [2.24, 2.45) is 0 Å². The van der Waals surface area contributed by atoms with E-state index in [0.29, 0.717) is 21.2 Å². The molecule has 0 saturated carbocycles. The van der Waals surface area contributed by atoms with E-state index in [9.17, 15) is 18.0 Å². The SMILES string of the molecule is CC(C)(C)NS(=O)(=O)COc1ccc(Cl)cc1C=C1C(=O)N(C(=O)OC(C)(C)C)c2cc(Cl)ccc21. The Hall–Kier alpha value is -2.59. The fraction of sp³-hybridized carbons (Fsp3) is 0.360. The number of benzene rings is 2. The van der Waals surface area contributed by atoms with Gasteiger partial charge in [0, 0.05) is 26.7 Å². The Morgan fingerprint density at radius 1 is 1.03 bits per heavy atom. The van der Waals surface area contributed by atoms with Crippen molar-refractivity contribution in [2.45, 2.75) is 52.7 Å². The highest BCUT2D eigenvalue weighted by molar-refractivity contribution is 7.89. The van der Waals surface area contributed by atoms with Gasteiger partial charge in [0.05, 0.1) is 11.3 Å². The molecule has 1 heterocycles. The number of fused-ring (bicyclic) bond motifs is 1. The predicted octanol–water partition coefficient (Wildman–Crippen LogP) is 5.87. The average Bonchev–Trinajstić information content (AvgIpc) is 2.95. The number of nitrogens with zero attached hydrogens (tertiary/aromatic N) is 1. The van der Waals surface area contributed by atoms with Gasteiger partial charge < -0.3 is 9.47 Å². The van der Waals surface area contributed by atoms with Crippen LogP contribution in [0.4, 0.5) is 10.5 Å². The zero-order valence-corrected chi connectivity index (χ0v) is 23.1. The fourth-order valence-corrected chi connectivity index (χ4v) is 5.07. The number of ether oxygens (including phenoxy) is 2. The zero-order chi connectivity index (χ0) is 27.1. The molecule has 0 atom stereocenters. The smallest absolute Gasteiger partial charge is 0.422 e. The summed E-state index contributed by atoms with van der Waals surface area (Å²) < 4.78 is 38.4. The molecule has 3 rings (SSSR count). The van der Waals surface area contributed by atoms with Crippen molar-refractivity contribution in [1.82, 2.24) is 4.72 Å². The molecule has 2 aromatic rings. The number of anilines is 1. The van der Waals surface area contributed by atoms with Crippen LogP contribution in [0.2, 0.25) is 10.0 Å². The molecule has 36 heavy (non-hydrogen) atoms. The number of nitrogens with one attached hydrogen (secondary N) is 1. The van der Waals surface area contributed by atoms with Gasteiger partial charge in [0.25, 0.3) is 5.91 Å². The van der Waals surface area contributed by atoms with Gasteiger partial charge in [-0.3, -0.25) is 4.79 Å². The highest BCUT2D eigenvalue weighted by atomic mass is 35.5. The minimum absolute atomic E-state index is 0.162. The van der Waals surface area contributed by atoms with E-state index in [4.69, 9.17) is 32.7 Å². The lowest BCUT2D eigenvalue weighted by Crippen LogP contribution is -2.42. The Morgan fingerprint density at radius 2 is 1.64 bits per heavy atom. The normalized spacial score (nSPS) is 15.3. The van der Waals surface area contributed by atoms with Crippen molar-refractivity contribution >= 4 is 62.6 Å². The zero-order valence-electron chi connectivity index (χ0n) is 20.8. The Labute approximate surface area is 221 Å². The van der Waals surface area contributed by atoms with Crippen molar-refractivity contribution in [3.05, 3.63) is 57.6 Å². The quantitative estimate of drug-likeness (QED) is 0.463. The molecule has 2 amide bonds. The third-order valence-corrected chi connectivity index (χ3v) is 6.43. The summed E-state index contributed by atoms with van der Waals surface area (Å²) in [7, 11) is -3.77. The highest BCUT2D eigenvalue weighted by Crippen LogP contribution is 2.41. The molecule has 0 aromatic heterocycles. The van der Waals surface area contributed by atoms with Gasteiger partial charge in [-0.15, -0.1) is 0 Å². The number of sulfonamides is 1. The number of carbonyl (C=O) groups excluding carboxylic acids is 2. The summed E-state index contributed by atoms with van der Waals surface area (Å²) >= 11 is 12.3. The van der Waals surface area contributed by atoms with Gasteiger partial charge in [0.1, 0.15) is 11.4 Å². The van der Waals surface area contributed by atoms with Crippen molar-refractivity contribution in [1.29, 1.82) is 0 Å². The maximum absolute atomic E-state index is 13.4. The first-order valence-electron chi connectivity index (χ1n) is 11.0. The lowest BCUT2D eigenvalue weighted by atomic mass is 10.0. The molecule has 0 aliphatic carbocycles. The van der Waals surface area contributed by atoms with E-state index < -0.39 is 39.1 Å². The van der Waals surface area contributed by atoms with Crippen LogP contribution in [0.1, 0.15) is 52.7 Å². The van der Waals surface area contributed by atoms with E-state index >= 15 is 0 Å². The molecule has 1 aliphatic rings. The molecule has 0 unspecified atom stereocenters. The monoisotopic (exact) mass is 554 g/mol. The lowest BCUT2D eigenvalue weighted by Gasteiger charge is -2.23. The van der Waals surface area contributed by atoms with Crippen molar-refractivity contribution < 1.29 is 27.5 Å². The summed E-state index contributed by atoms with van der Waals surface area (Å²) in [6.07, 6.45) is 0.645. The fourth-order valence-electron chi connectivity index (χ4n) is 3.45. The Morgan fingerprint density at radius 3 is 2.25 bits per heavy atom. The number of rotatable bonds is 5. The predicted molar refractivity (Wildman–Crippen MR) is 142 cm³/mol. The second kappa shape index (κ2) is 10.0. The van der Waals surface area contributed by atoms with Gasteiger partial charge in [-0.25, -0.2) is 22.8 Å². The first-order chi connectivity index (χ1) is 16.5. The molecular formula is C25H28Cl2N2O6S. The lowest BCUT2D eigenvalue weighted by molar-refractivity contribution is -0.112. The van der Waals surface area contributed by atoms with E-state index in [0.717, 1.165) is 4.90 Å². The second-order valence-electron chi connectivity index (χ2n) is 10.3. The molecule has 1 aliphatic heterocycles. The van der Waals surface area contributed by atoms with Crippen LogP contribution in [0.5, 0.6) is 5.75 Å². The summed E-state index contributed by atoms with van der Waals surface area (Å²) in [5, 5.41) is 0.676. The van der Waals surface area contributed by atoms with Gasteiger partial charge >= 0.3 is 6.09 Å². The maximum atomic E-state index is 13.4. The summed E-state index contributed by atoms with van der Waals surface area (Å²) in [5.41, 5.74) is -0.278. The molecule has 194 valence electrons. The largest absolute Gasteiger partial charge is 0.476 e. The summed E-state index contributed by atoms with van der Waals surface area (Å²) in [4.78, 5) is 27.2. The van der Waals surface area contributed by atoms with Crippen LogP contribution in [-0.2, 0) is 19.6 Å². The van der Waals surface area contributed by atoms with Crippen LogP contribution in [-0.4, -0.2) is 37.5 Å². The van der Waals surface area contributed by atoms with Crippen LogP contribution < -0.4 is 14.4 Å². The van der Waals surface area contributed by atoms with Gasteiger partial charge in [0.15, 0.2) is 0 Å². The van der Waals surface area contributed by atoms with Crippen molar-refractivity contribution in [3.63, 3.8) is 0 Å². The topological polar surface area (TPSA) is 102 Å². The minimum atomic E-state index is -3.77. The molecule has 2 aromatic carbocycles. The molecule has 0 spiro atoms. The van der Waals surface area contributed by atoms with Crippen LogP contribution in [0, 0.1) is 0 Å². The molecule has 0 saturated heterocycles. The molecule has 0 bridgehead atoms. The third-order valence-electron chi connectivity index (χ3n) is 4.60. The van der Waals surface area contributed by atoms with Crippen LogP contribution in [0.15, 0.2) is 36.4 Å². The van der Waals surface area contributed by atoms with E-state index in [1.54, 1.807) is 59.7 Å². The van der Waals surface area contributed by atoms with Gasteiger partial charge in [-0.05, 0) is 78.0 Å². The number of amides is 2. The summed E-state index contributed by atoms with van der Waals surface area (Å²) in [5.74, 6) is -1.09. The minimum Gasteiger partial charge on any atom is -0.476 e. The first-order valence-corrected chi connectivity index (χ1v) is 13.4. The number of hydrogen-bond acceptors (Lipinski definition) is 6. The standard InChI is InChI=1S/C25H28Cl2N2O6S/c1-24(2,3)28-36(32,33)14-34-21-10-8-16(26)11-15(21)12-19-18-9-7-17(27)13-20(18)29(22(19)30)23(31)35-25(4,5)6/h7-13,28H,14H2,1-6H3. The van der Waals surface area contributed by atoms with Crippen molar-refractivity contribution in [2.75, 3.05) is 10.8 Å². The van der Waals surface area contributed by atoms with E-state index in [1.807, 2.05) is 0 Å². The van der Waals surface area contributed by atoms with Gasteiger partial charge in [-0.1, -0.05) is 29.3 Å². The molecular weight excluding hydrogens is 527 g/mol. The maximum Gasteiger partial charge on any atom is 0.422 e. The number of imide groups is 1. The molecule has 8 nitrogen and oxygen atoms in total. The highest BCUT2D eigenvalue weighted by Gasteiger charge is 2.39. The van der Waals surface area contributed by atoms with Crippen LogP contribution >= 0.6 is 23.2 Å². The molecule has 0 radical (unpaired) electrons.